The van der Waals surface area contributed by atoms with E-state index < -0.39 is 0 Å². The molecule has 0 aliphatic heterocycles. The lowest BCUT2D eigenvalue weighted by Gasteiger charge is -2.08. The van der Waals surface area contributed by atoms with Gasteiger partial charge in [-0.3, -0.25) is 9.78 Å². The van der Waals surface area contributed by atoms with Gasteiger partial charge in [0.2, 0.25) is 0 Å². The Kier molecular flexibility index (Phi) is 4.30. The summed E-state index contributed by atoms with van der Waals surface area (Å²) in [4.78, 5) is 16.1. The number of hydrogen-bond donors (Lipinski definition) is 1. The molecule has 0 saturated carbocycles. The molecule has 0 radical (unpaired) electrons. The highest BCUT2D eigenvalue weighted by Gasteiger charge is 2.09. The van der Waals surface area contributed by atoms with E-state index in [1.165, 1.54) is 0 Å². The Morgan fingerprint density at radius 3 is 2.75 bits per heavy atom. The van der Waals surface area contributed by atoms with Gasteiger partial charge in [0, 0.05) is 17.6 Å². The molecule has 100 valence electrons. The summed E-state index contributed by atoms with van der Waals surface area (Å²) < 4.78 is 5.14. The summed E-state index contributed by atoms with van der Waals surface area (Å²) in [5.74, 6) is 0.378. The van der Waals surface area contributed by atoms with Gasteiger partial charge in [0.15, 0.2) is 6.61 Å². The monoisotopic (exact) mass is 267 g/mol. The van der Waals surface area contributed by atoms with Gasteiger partial charge in [-0.05, 0) is 43.3 Å². The normalized spacial score (nSPS) is 9.60. The zero-order chi connectivity index (χ0) is 14.4. The number of ether oxygens (including phenoxy) is 1. The molecule has 0 fully saturated rings. The van der Waals surface area contributed by atoms with Crippen molar-refractivity contribution in [1.29, 1.82) is 5.26 Å². The number of carbonyl (C=O) groups is 1. The van der Waals surface area contributed by atoms with E-state index in [-0.39, 0.29) is 12.5 Å². The minimum Gasteiger partial charge on any atom is -0.479 e. The first-order valence-corrected chi connectivity index (χ1v) is 6.03. The lowest BCUT2D eigenvalue weighted by molar-refractivity contribution is 0.102. The van der Waals surface area contributed by atoms with Crippen molar-refractivity contribution in [1.82, 2.24) is 4.98 Å². The summed E-state index contributed by atoms with van der Waals surface area (Å²) in [7, 11) is 0. The van der Waals surface area contributed by atoms with E-state index in [2.05, 4.69) is 10.3 Å². The highest BCUT2D eigenvalue weighted by molar-refractivity contribution is 6.04. The Balaban J connectivity index is 2.05. The first-order valence-electron chi connectivity index (χ1n) is 6.03. The standard InChI is InChI=1S/C15H13N3O2/c1-11-14(3-2-9-17-11)15(19)18-12-4-6-13(7-5-12)20-10-8-16/h2-7,9H,10H2,1H3,(H,18,19). The van der Waals surface area contributed by atoms with Crippen molar-refractivity contribution in [3.8, 4) is 11.8 Å². The van der Waals surface area contributed by atoms with Gasteiger partial charge in [0.05, 0.1) is 5.56 Å². The summed E-state index contributed by atoms with van der Waals surface area (Å²) in [6.45, 7) is 1.79. The van der Waals surface area contributed by atoms with Crippen LogP contribution in [0.15, 0.2) is 42.6 Å². The summed E-state index contributed by atoms with van der Waals surface area (Å²) >= 11 is 0. The van der Waals surface area contributed by atoms with Crippen molar-refractivity contribution in [2.75, 3.05) is 11.9 Å². The van der Waals surface area contributed by atoms with E-state index in [1.807, 2.05) is 6.07 Å². The molecule has 20 heavy (non-hydrogen) atoms. The Morgan fingerprint density at radius 1 is 1.35 bits per heavy atom. The number of nitrogens with one attached hydrogen (secondary N) is 1. The molecule has 1 heterocycles. The van der Waals surface area contributed by atoms with Crippen molar-refractivity contribution in [2.24, 2.45) is 0 Å². The number of anilines is 1. The van der Waals surface area contributed by atoms with Crippen LogP contribution in [0.25, 0.3) is 0 Å². The maximum atomic E-state index is 12.1. The van der Waals surface area contributed by atoms with Crippen LogP contribution in [0, 0.1) is 18.3 Å². The maximum Gasteiger partial charge on any atom is 0.257 e. The molecule has 2 aromatic rings. The third kappa shape index (κ3) is 3.33. The SMILES string of the molecule is Cc1ncccc1C(=O)Nc1ccc(OCC#N)cc1. The Labute approximate surface area is 116 Å². The molecule has 1 amide bonds. The molecule has 0 unspecified atom stereocenters. The predicted molar refractivity (Wildman–Crippen MR) is 74.5 cm³/mol. The highest BCUT2D eigenvalue weighted by atomic mass is 16.5. The van der Waals surface area contributed by atoms with Gasteiger partial charge in [0.1, 0.15) is 11.8 Å². The second kappa shape index (κ2) is 6.34. The van der Waals surface area contributed by atoms with E-state index >= 15 is 0 Å². The third-order valence-electron chi connectivity index (χ3n) is 2.67. The quantitative estimate of drug-likeness (QED) is 0.923. The first kappa shape index (κ1) is 13.6. The Bertz CT molecular complexity index is 645. The van der Waals surface area contributed by atoms with Crippen molar-refractivity contribution >= 4 is 11.6 Å². The molecule has 1 aromatic carbocycles. The van der Waals surface area contributed by atoms with Crippen LogP contribution >= 0.6 is 0 Å². The number of carbonyl (C=O) groups excluding carboxylic acids is 1. The second-order valence-corrected chi connectivity index (χ2v) is 4.06. The number of hydrogen-bond acceptors (Lipinski definition) is 4. The van der Waals surface area contributed by atoms with Crippen LogP contribution in [0.3, 0.4) is 0 Å². The summed E-state index contributed by atoms with van der Waals surface area (Å²) in [5, 5.41) is 11.2. The fourth-order valence-corrected chi connectivity index (χ4v) is 1.67. The molecule has 0 spiro atoms. The van der Waals surface area contributed by atoms with Crippen molar-refractivity contribution in [2.45, 2.75) is 6.92 Å². The lowest BCUT2D eigenvalue weighted by Crippen LogP contribution is -2.13. The fraction of sp³-hybridized carbons (Fsp3) is 0.133. The molecule has 0 aliphatic carbocycles. The molecule has 5 heteroatoms. The number of aryl methyl sites for hydroxylation is 1. The van der Waals surface area contributed by atoms with E-state index in [1.54, 1.807) is 49.5 Å². The highest BCUT2D eigenvalue weighted by Crippen LogP contribution is 2.16. The van der Waals surface area contributed by atoms with Crippen LogP contribution in [0.4, 0.5) is 5.69 Å². The minimum atomic E-state index is -0.207. The number of aromatic nitrogens is 1. The number of nitriles is 1. The molecular weight excluding hydrogens is 254 g/mol. The zero-order valence-corrected chi connectivity index (χ0v) is 11.0. The van der Waals surface area contributed by atoms with Gasteiger partial charge in [0.25, 0.3) is 5.91 Å². The van der Waals surface area contributed by atoms with E-state index in [0.29, 0.717) is 22.7 Å². The van der Waals surface area contributed by atoms with E-state index in [9.17, 15) is 4.79 Å². The smallest absolute Gasteiger partial charge is 0.257 e. The minimum absolute atomic E-state index is 0.000581. The van der Waals surface area contributed by atoms with Crippen molar-refractivity contribution < 1.29 is 9.53 Å². The summed E-state index contributed by atoms with van der Waals surface area (Å²) in [6.07, 6.45) is 1.65. The maximum absolute atomic E-state index is 12.1. The molecule has 0 aliphatic rings. The molecule has 1 N–H and O–H groups in total. The summed E-state index contributed by atoms with van der Waals surface area (Å²) in [5.41, 5.74) is 1.87. The Hall–Kier alpha value is -2.87. The Morgan fingerprint density at radius 2 is 2.10 bits per heavy atom. The van der Waals surface area contributed by atoms with Crippen LogP contribution in [-0.2, 0) is 0 Å². The molecule has 0 atom stereocenters. The number of pyridine rings is 1. The van der Waals surface area contributed by atoms with Crippen molar-refractivity contribution in [3.63, 3.8) is 0 Å². The average molecular weight is 267 g/mol. The van der Waals surface area contributed by atoms with E-state index in [0.717, 1.165) is 0 Å². The van der Waals surface area contributed by atoms with Gasteiger partial charge >= 0.3 is 0 Å². The fourth-order valence-electron chi connectivity index (χ4n) is 1.67. The first-order chi connectivity index (χ1) is 9.70. The van der Waals surface area contributed by atoms with Crippen LogP contribution in [0.5, 0.6) is 5.75 Å². The molecular formula is C15H13N3O2. The topological polar surface area (TPSA) is 75.0 Å². The molecule has 5 nitrogen and oxygen atoms in total. The number of amides is 1. The molecule has 1 aromatic heterocycles. The van der Waals surface area contributed by atoms with Crippen LogP contribution in [0.1, 0.15) is 16.1 Å². The largest absolute Gasteiger partial charge is 0.479 e. The number of benzene rings is 1. The zero-order valence-electron chi connectivity index (χ0n) is 11.0. The predicted octanol–water partition coefficient (Wildman–Crippen LogP) is 2.54. The van der Waals surface area contributed by atoms with Crippen molar-refractivity contribution in [3.05, 3.63) is 53.9 Å². The van der Waals surface area contributed by atoms with Gasteiger partial charge < -0.3 is 10.1 Å². The lowest BCUT2D eigenvalue weighted by atomic mass is 10.2. The summed E-state index contributed by atoms with van der Waals surface area (Å²) in [6, 6.07) is 12.2. The number of nitrogens with zero attached hydrogens (tertiary/aromatic N) is 2. The average Bonchev–Trinajstić information content (AvgIpc) is 2.47. The molecule has 0 bridgehead atoms. The van der Waals surface area contributed by atoms with Crippen LogP contribution < -0.4 is 10.1 Å². The van der Waals surface area contributed by atoms with Gasteiger partial charge in [-0.25, -0.2) is 0 Å². The third-order valence-corrected chi connectivity index (χ3v) is 2.67. The molecule has 2 rings (SSSR count). The molecule has 0 saturated heterocycles. The van der Waals surface area contributed by atoms with Crippen LogP contribution in [0.2, 0.25) is 0 Å². The second-order valence-electron chi connectivity index (χ2n) is 4.06. The van der Waals surface area contributed by atoms with E-state index in [4.69, 9.17) is 10.00 Å². The van der Waals surface area contributed by atoms with Gasteiger partial charge in [-0.15, -0.1) is 0 Å². The van der Waals surface area contributed by atoms with Gasteiger partial charge in [-0.1, -0.05) is 0 Å². The number of rotatable bonds is 4. The van der Waals surface area contributed by atoms with Gasteiger partial charge in [-0.2, -0.15) is 5.26 Å². The van der Waals surface area contributed by atoms with Crippen LogP contribution in [-0.4, -0.2) is 17.5 Å².